The lowest BCUT2D eigenvalue weighted by atomic mass is 10.1. The third-order valence-electron chi connectivity index (χ3n) is 5.68. The van der Waals surface area contributed by atoms with Gasteiger partial charge < -0.3 is 29.9 Å². The second kappa shape index (κ2) is 11.4. The molecule has 0 spiro atoms. The number of aliphatic hydroxyl groups is 4. The number of aromatic amines is 2. The highest BCUT2D eigenvalue weighted by Gasteiger charge is 2.43. The van der Waals surface area contributed by atoms with Crippen LogP contribution in [-0.2, 0) is 9.47 Å². The Morgan fingerprint density at radius 3 is 2.31 bits per heavy atom. The van der Waals surface area contributed by atoms with Crippen LogP contribution in [0.3, 0.4) is 0 Å². The molecular weight excluding hydrogens is 486 g/mol. The van der Waals surface area contributed by atoms with E-state index in [-0.39, 0.29) is 13.0 Å². The fraction of sp³-hybridized carbons (Fsp3) is 0.579. The fourth-order valence-corrected chi connectivity index (χ4v) is 3.78. The van der Waals surface area contributed by atoms with Crippen molar-refractivity contribution in [3.05, 3.63) is 76.1 Å². The molecule has 2 aliphatic rings. The second-order valence-electron chi connectivity index (χ2n) is 8.04. The maximum Gasteiger partial charge on any atom is 0.330 e. The molecule has 4 heterocycles. The third-order valence-corrected chi connectivity index (χ3v) is 5.68. The van der Waals surface area contributed by atoms with Crippen LogP contribution in [0.15, 0.2) is 42.8 Å². The van der Waals surface area contributed by atoms with Crippen molar-refractivity contribution in [1.29, 1.82) is 0 Å². The van der Waals surface area contributed by atoms with Gasteiger partial charge >= 0.3 is 11.4 Å². The molecule has 2 aromatic heterocycles. The predicted molar refractivity (Wildman–Crippen MR) is 119 cm³/mol. The zero-order valence-corrected chi connectivity index (χ0v) is 18.9. The maximum atomic E-state index is 11.7. The summed E-state index contributed by atoms with van der Waals surface area (Å²) in [6.45, 7) is 0.780. The van der Waals surface area contributed by atoms with Crippen molar-refractivity contribution < 1.29 is 29.9 Å². The molecule has 17 nitrogen and oxygen atoms in total. The molecule has 0 saturated carbocycles. The lowest BCUT2D eigenvalue weighted by Gasteiger charge is -2.16. The van der Waals surface area contributed by atoms with E-state index in [4.69, 9.17) is 25.2 Å². The van der Waals surface area contributed by atoms with Crippen LogP contribution in [0.4, 0.5) is 0 Å². The van der Waals surface area contributed by atoms with E-state index in [0.29, 0.717) is 5.56 Å². The lowest BCUT2D eigenvalue weighted by Crippen LogP contribution is -2.37. The molecule has 4 rings (SSSR count). The highest BCUT2D eigenvalue weighted by molar-refractivity contribution is 5.02. The number of nitrogens with one attached hydrogen (secondary N) is 2. The first-order valence-electron chi connectivity index (χ1n) is 10.7. The summed E-state index contributed by atoms with van der Waals surface area (Å²) < 4.78 is 12.8. The van der Waals surface area contributed by atoms with Gasteiger partial charge in [0.1, 0.15) is 24.5 Å². The van der Waals surface area contributed by atoms with E-state index in [1.54, 1.807) is 6.92 Å². The van der Waals surface area contributed by atoms with Gasteiger partial charge in [0.05, 0.1) is 25.4 Å². The number of ether oxygens (including phenoxy) is 2. The van der Waals surface area contributed by atoms with Crippen molar-refractivity contribution >= 4 is 0 Å². The van der Waals surface area contributed by atoms with Crippen molar-refractivity contribution in [2.75, 3.05) is 13.2 Å². The second-order valence-corrected chi connectivity index (χ2v) is 8.04. The predicted octanol–water partition coefficient (Wildman–Crippen LogP) is -3.05. The quantitative estimate of drug-likeness (QED) is 0.134. The zero-order chi connectivity index (χ0) is 26.6. The van der Waals surface area contributed by atoms with Gasteiger partial charge in [-0.3, -0.25) is 28.7 Å². The third kappa shape index (κ3) is 5.63. The molecule has 2 saturated heterocycles. The minimum atomic E-state index is -1.35. The first-order chi connectivity index (χ1) is 17.1. The topological polar surface area (TPSA) is 258 Å². The van der Waals surface area contributed by atoms with Crippen molar-refractivity contribution in [2.24, 2.45) is 5.11 Å². The van der Waals surface area contributed by atoms with E-state index < -0.39 is 72.0 Å². The molecule has 0 aliphatic carbocycles. The van der Waals surface area contributed by atoms with E-state index in [1.807, 2.05) is 4.98 Å². The van der Waals surface area contributed by atoms with Gasteiger partial charge in [-0.05, 0) is 12.5 Å². The Hall–Kier alpha value is -3.57. The van der Waals surface area contributed by atoms with Crippen molar-refractivity contribution in [3.8, 4) is 0 Å². The van der Waals surface area contributed by atoms with Crippen molar-refractivity contribution in [3.63, 3.8) is 0 Å². The van der Waals surface area contributed by atoms with Crippen LogP contribution < -0.4 is 22.5 Å². The monoisotopic (exact) mass is 511 g/mol. The molecule has 2 fully saturated rings. The van der Waals surface area contributed by atoms with Gasteiger partial charge in [-0.25, -0.2) is 9.59 Å². The number of hydrogen-bond acceptors (Lipinski definition) is 11. The molecule has 0 aromatic carbocycles. The number of azide groups is 1. The van der Waals surface area contributed by atoms with E-state index in [9.17, 15) is 29.4 Å². The average molecular weight is 511 g/mol. The molecule has 6 N–H and O–H groups in total. The van der Waals surface area contributed by atoms with Gasteiger partial charge in [-0.15, -0.1) is 0 Å². The molecule has 17 heteroatoms. The Morgan fingerprint density at radius 1 is 1.06 bits per heavy atom. The summed E-state index contributed by atoms with van der Waals surface area (Å²) >= 11 is 0. The summed E-state index contributed by atoms with van der Waals surface area (Å²) in [5.41, 5.74) is 6.43. The van der Waals surface area contributed by atoms with Crippen LogP contribution >= 0.6 is 0 Å². The number of rotatable bonds is 5. The number of aliphatic hydroxyl groups excluding tert-OH is 4. The van der Waals surface area contributed by atoms with Crippen LogP contribution in [0.5, 0.6) is 0 Å². The Morgan fingerprint density at radius 2 is 1.72 bits per heavy atom. The summed E-state index contributed by atoms with van der Waals surface area (Å²) in [5.74, 6) is 0. The molecule has 0 radical (unpaired) electrons. The van der Waals surface area contributed by atoms with Crippen LogP contribution in [0.1, 0.15) is 24.4 Å². The molecule has 196 valence electrons. The minimum absolute atomic E-state index is 0.265. The lowest BCUT2D eigenvalue weighted by molar-refractivity contribution is -0.0550. The molecule has 7 atom stereocenters. The van der Waals surface area contributed by atoms with Gasteiger partial charge in [0.15, 0.2) is 6.23 Å². The van der Waals surface area contributed by atoms with Gasteiger partial charge in [0, 0.05) is 35.4 Å². The van der Waals surface area contributed by atoms with E-state index in [0.717, 1.165) is 16.8 Å². The number of nitrogens with zero attached hydrogens (tertiary/aromatic N) is 5. The average Bonchev–Trinajstić information content (AvgIpc) is 3.37. The van der Waals surface area contributed by atoms with Crippen LogP contribution in [0, 0.1) is 6.92 Å². The van der Waals surface area contributed by atoms with Crippen LogP contribution in [0.2, 0.25) is 0 Å². The summed E-state index contributed by atoms with van der Waals surface area (Å²) in [4.78, 5) is 52.1. The summed E-state index contributed by atoms with van der Waals surface area (Å²) in [6, 6.07) is 0.551. The van der Waals surface area contributed by atoms with E-state index >= 15 is 0 Å². The van der Waals surface area contributed by atoms with E-state index in [2.05, 4.69) is 15.0 Å². The first kappa shape index (κ1) is 27.0. The number of aromatic nitrogens is 4. The zero-order valence-electron chi connectivity index (χ0n) is 18.9. The highest BCUT2D eigenvalue weighted by atomic mass is 16.6. The highest BCUT2D eigenvalue weighted by Crippen LogP contribution is 2.30. The molecule has 0 amide bonds. The van der Waals surface area contributed by atoms with Crippen molar-refractivity contribution in [1.82, 2.24) is 19.1 Å². The Kier molecular flexibility index (Phi) is 8.59. The molecule has 2 aromatic rings. The molecule has 36 heavy (non-hydrogen) atoms. The normalized spacial score (nSPS) is 29.3. The number of hydrogen-bond donors (Lipinski definition) is 6. The summed E-state index contributed by atoms with van der Waals surface area (Å²) in [5, 5.41) is 40.7. The largest absolute Gasteiger partial charge is 0.394 e. The number of H-pyrrole nitrogens is 2. The standard InChI is InChI=1S/C10H13N5O4.C9H12N2O6/c1-5-3-15(10(18)12-9(5)17)8-2-6(13-14-11)7(4-16)19-8;12-3-4-6(14)7(15)8(17-4)11-2-1-5(13)10-9(11)16/h3,6-8,16H,2,4H2,1H3,(H,12,17,18);1-2,4,6-8,12,14-15H,3H2,(H,10,13,16)/t6-,7+,8+;4-,6-,7-,8-/m01/s1. The van der Waals surface area contributed by atoms with Gasteiger partial charge in [0.25, 0.3) is 11.1 Å². The molecular formula is C19H25N7O10. The Balaban J connectivity index is 0.000000202. The van der Waals surface area contributed by atoms with E-state index in [1.165, 1.54) is 10.8 Å². The molecule has 0 bridgehead atoms. The van der Waals surface area contributed by atoms with Gasteiger partial charge in [-0.1, -0.05) is 5.11 Å². The minimum Gasteiger partial charge on any atom is -0.394 e. The van der Waals surface area contributed by atoms with Crippen molar-refractivity contribution in [2.45, 2.75) is 56.3 Å². The van der Waals surface area contributed by atoms with Gasteiger partial charge in [-0.2, -0.15) is 0 Å². The Labute approximate surface area is 200 Å². The van der Waals surface area contributed by atoms with Crippen LogP contribution in [-0.4, -0.2) is 83.2 Å². The summed E-state index contributed by atoms with van der Waals surface area (Å²) in [7, 11) is 0. The summed E-state index contributed by atoms with van der Waals surface area (Å²) in [6.07, 6.45) is -3.25. The number of aryl methyl sites for hydroxylation is 1. The van der Waals surface area contributed by atoms with Gasteiger partial charge in [0.2, 0.25) is 0 Å². The van der Waals surface area contributed by atoms with Crippen LogP contribution in [0.25, 0.3) is 10.4 Å². The molecule has 2 aliphatic heterocycles. The maximum absolute atomic E-state index is 11.7. The SMILES string of the molecule is Cc1cn([C@H]2C[C@H](N=[N+]=[N-])[C@@H](CO)O2)c(=O)[nH]c1=O.O=c1ccn([C@@H]2O[C@H](CO)[C@@H](O)[C@H]2O)c(=O)[nH]1. The molecule has 0 unspecified atom stereocenters. The smallest absolute Gasteiger partial charge is 0.330 e. The first-order valence-corrected chi connectivity index (χ1v) is 10.7. The fourth-order valence-electron chi connectivity index (χ4n) is 3.78. The Bertz CT molecular complexity index is 1340.